The third-order valence-corrected chi connectivity index (χ3v) is 2.59. The molecule has 3 heteroatoms. The molecule has 0 amide bonds. The molecule has 1 aliphatic heterocycles. The monoisotopic (exact) mass is 199 g/mol. The van der Waals surface area contributed by atoms with Crippen LogP contribution in [0.1, 0.15) is 12.0 Å². The second-order valence-electron chi connectivity index (χ2n) is 2.74. The summed E-state index contributed by atoms with van der Waals surface area (Å²) in [6.45, 7) is 0. The number of hydrogen-bond donors (Lipinski definition) is 0. The van der Waals surface area contributed by atoms with E-state index in [4.69, 9.17) is 23.2 Å². The van der Waals surface area contributed by atoms with Crippen LogP contribution in [0.5, 0.6) is 0 Å². The summed E-state index contributed by atoms with van der Waals surface area (Å²) in [6.07, 6.45) is 2.33. The molecule has 1 aromatic rings. The fourth-order valence-corrected chi connectivity index (χ4v) is 1.72. The molecule has 0 aliphatic carbocycles. The number of halogens is 2. The molecule has 0 spiro atoms. The first kappa shape index (κ1) is 8.09. The highest BCUT2D eigenvalue weighted by molar-refractivity contribution is 6.49. The van der Waals surface area contributed by atoms with Gasteiger partial charge in [-0.2, -0.15) is 0 Å². The Morgan fingerprint density at radius 1 is 1.25 bits per heavy atom. The highest BCUT2D eigenvalue weighted by atomic mass is 35.5. The fraction of sp³-hybridized carbons (Fsp3) is 0.222. The molecule has 1 nitrogen and oxygen atoms in total. The molecule has 12 heavy (non-hydrogen) atoms. The molecule has 0 bridgehead atoms. The molecule has 0 atom stereocenters. The lowest BCUT2D eigenvalue weighted by Gasteiger charge is -2.22. The molecule has 0 N–H and O–H groups in total. The van der Waals surface area contributed by atoms with Crippen LogP contribution in [0.15, 0.2) is 29.3 Å². The minimum absolute atomic E-state index is 0.577. The van der Waals surface area contributed by atoms with Gasteiger partial charge in [-0.1, -0.05) is 41.4 Å². The predicted molar refractivity (Wildman–Crippen MR) is 52.6 cm³/mol. The van der Waals surface area contributed by atoms with Gasteiger partial charge in [0.2, 0.25) is 0 Å². The molecule has 62 valence electrons. The number of para-hydroxylation sites is 1. The first-order valence-corrected chi connectivity index (χ1v) is 4.45. The van der Waals surface area contributed by atoms with Crippen LogP contribution in [0.4, 0.5) is 5.69 Å². The van der Waals surface area contributed by atoms with Crippen molar-refractivity contribution in [2.75, 3.05) is 0 Å². The van der Waals surface area contributed by atoms with Crippen molar-refractivity contribution in [3.63, 3.8) is 0 Å². The second kappa shape index (κ2) is 2.75. The zero-order valence-corrected chi connectivity index (χ0v) is 7.81. The lowest BCUT2D eigenvalue weighted by atomic mass is 10.0. The third-order valence-electron chi connectivity index (χ3n) is 1.88. The molecule has 1 aliphatic rings. The molecule has 0 radical (unpaired) electrons. The van der Waals surface area contributed by atoms with E-state index in [-0.39, 0.29) is 0 Å². The van der Waals surface area contributed by atoms with E-state index in [1.54, 1.807) is 6.21 Å². The van der Waals surface area contributed by atoms with Crippen molar-refractivity contribution in [3.05, 3.63) is 29.8 Å². The van der Waals surface area contributed by atoms with E-state index in [9.17, 15) is 0 Å². The van der Waals surface area contributed by atoms with Crippen molar-refractivity contribution in [1.29, 1.82) is 0 Å². The molecule has 2 rings (SSSR count). The molecule has 0 aromatic heterocycles. The average molecular weight is 200 g/mol. The van der Waals surface area contributed by atoms with Crippen molar-refractivity contribution in [2.45, 2.75) is 10.8 Å². The zero-order chi connectivity index (χ0) is 8.60. The van der Waals surface area contributed by atoms with Gasteiger partial charge in [-0.3, -0.25) is 4.99 Å². The minimum Gasteiger partial charge on any atom is -0.261 e. The topological polar surface area (TPSA) is 12.4 Å². The third kappa shape index (κ3) is 1.23. The van der Waals surface area contributed by atoms with E-state index >= 15 is 0 Å². The van der Waals surface area contributed by atoms with Crippen LogP contribution >= 0.6 is 23.2 Å². The summed E-state index contributed by atoms with van der Waals surface area (Å²) in [5, 5.41) is 0. The largest absolute Gasteiger partial charge is 0.261 e. The summed E-state index contributed by atoms with van der Waals surface area (Å²) in [5.74, 6) is 0. The van der Waals surface area contributed by atoms with Gasteiger partial charge in [-0.15, -0.1) is 0 Å². The zero-order valence-electron chi connectivity index (χ0n) is 6.30. The van der Waals surface area contributed by atoms with E-state index in [0.29, 0.717) is 6.42 Å². The van der Waals surface area contributed by atoms with E-state index in [0.717, 1.165) is 11.3 Å². The lowest BCUT2D eigenvalue weighted by molar-refractivity contribution is 0.891. The quantitative estimate of drug-likeness (QED) is 0.569. The maximum atomic E-state index is 6.08. The Morgan fingerprint density at radius 3 is 2.75 bits per heavy atom. The van der Waals surface area contributed by atoms with E-state index in [1.807, 2.05) is 24.3 Å². The molecule has 1 aromatic carbocycles. The van der Waals surface area contributed by atoms with Gasteiger partial charge in [0.1, 0.15) is 4.33 Å². The van der Waals surface area contributed by atoms with Crippen LogP contribution in [0, 0.1) is 0 Å². The molecule has 0 saturated heterocycles. The predicted octanol–water partition coefficient (Wildman–Crippen LogP) is 3.42. The maximum Gasteiger partial charge on any atom is 0.150 e. The van der Waals surface area contributed by atoms with Crippen molar-refractivity contribution in [2.24, 2.45) is 4.99 Å². The van der Waals surface area contributed by atoms with Gasteiger partial charge in [-0.05, 0) is 6.07 Å². The van der Waals surface area contributed by atoms with Crippen LogP contribution < -0.4 is 0 Å². The second-order valence-corrected chi connectivity index (χ2v) is 4.22. The Balaban J connectivity index is 2.60. The SMILES string of the molecule is ClC1(Cl)CC=Nc2ccccc21. The summed E-state index contributed by atoms with van der Waals surface area (Å²) in [7, 11) is 0. The molecule has 0 fully saturated rings. The Kier molecular flexibility index (Phi) is 1.85. The minimum atomic E-state index is -0.793. The smallest absolute Gasteiger partial charge is 0.150 e. The molecule has 0 unspecified atom stereocenters. The first-order valence-electron chi connectivity index (χ1n) is 3.70. The van der Waals surface area contributed by atoms with E-state index in [1.165, 1.54) is 0 Å². The summed E-state index contributed by atoms with van der Waals surface area (Å²) in [5.41, 5.74) is 1.77. The summed E-state index contributed by atoms with van der Waals surface area (Å²) in [4.78, 5) is 4.19. The van der Waals surface area contributed by atoms with Gasteiger partial charge >= 0.3 is 0 Å². The normalized spacial score (nSPS) is 18.8. The molecular weight excluding hydrogens is 193 g/mol. The fourth-order valence-electron chi connectivity index (χ4n) is 1.26. The number of fused-ring (bicyclic) bond motifs is 1. The van der Waals surface area contributed by atoms with E-state index < -0.39 is 4.33 Å². The number of nitrogens with zero attached hydrogens (tertiary/aromatic N) is 1. The van der Waals surface area contributed by atoms with Gasteiger partial charge < -0.3 is 0 Å². The van der Waals surface area contributed by atoms with Gasteiger partial charge in [-0.25, -0.2) is 0 Å². The maximum absolute atomic E-state index is 6.08. The van der Waals surface area contributed by atoms with Gasteiger partial charge in [0.05, 0.1) is 5.69 Å². The average Bonchev–Trinajstić information content (AvgIpc) is 2.04. The number of rotatable bonds is 0. The molecule has 1 heterocycles. The standard InChI is InChI=1S/C9H7Cl2N/c10-9(11)5-6-12-8-4-2-1-3-7(8)9/h1-4,6H,5H2. The van der Waals surface area contributed by atoms with Crippen molar-refractivity contribution in [1.82, 2.24) is 0 Å². The van der Waals surface area contributed by atoms with Crippen molar-refractivity contribution < 1.29 is 0 Å². The van der Waals surface area contributed by atoms with Crippen LogP contribution in [0.2, 0.25) is 0 Å². The Morgan fingerprint density at radius 2 is 2.00 bits per heavy atom. The van der Waals surface area contributed by atoms with Crippen molar-refractivity contribution in [3.8, 4) is 0 Å². The van der Waals surface area contributed by atoms with E-state index in [2.05, 4.69) is 4.99 Å². The van der Waals surface area contributed by atoms with Crippen molar-refractivity contribution >= 4 is 35.1 Å². The van der Waals surface area contributed by atoms with Crippen LogP contribution in [0.25, 0.3) is 0 Å². The Hall–Kier alpha value is -0.530. The Bertz CT molecular complexity index is 331. The molecule has 0 saturated carbocycles. The van der Waals surface area contributed by atoms with Crippen LogP contribution in [-0.2, 0) is 4.33 Å². The van der Waals surface area contributed by atoms with Gasteiger partial charge in [0.25, 0.3) is 0 Å². The number of hydrogen-bond acceptors (Lipinski definition) is 1. The summed E-state index contributed by atoms with van der Waals surface area (Å²) in [6, 6.07) is 7.65. The van der Waals surface area contributed by atoms with Gasteiger partial charge in [0.15, 0.2) is 0 Å². The highest BCUT2D eigenvalue weighted by Crippen LogP contribution is 2.43. The van der Waals surface area contributed by atoms with Crippen LogP contribution in [0.3, 0.4) is 0 Å². The van der Waals surface area contributed by atoms with Gasteiger partial charge in [0, 0.05) is 18.2 Å². The summed E-state index contributed by atoms with van der Waals surface area (Å²) < 4.78 is -0.793. The summed E-state index contributed by atoms with van der Waals surface area (Å²) >= 11 is 12.2. The highest BCUT2D eigenvalue weighted by Gasteiger charge is 2.30. The number of alkyl halides is 2. The lowest BCUT2D eigenvalue weighted by Crippen LogP contribution is -2.13. The first-order chi connectivity index (χ1) is 5.70. The Labute approximate surface area is 81.0 Å². The molecular formula is C9H7Cl2N. The van der Waals surface area contributed by atoms with Crippen LogP contribution in [-0.4, -0.2) is 6.21 Å². The number of benzene rings is 1. The number of aliphatic imine (C=N–C) groups is 1.